The average molecular weight is 125 g/mol. The van der Waals surface area contributed by atoms with Crippen LogP contribution in [0.1, 0.15) is 13.8 Å². The summed E-state index contributed by atoms with van der Waals surface area (Å²) in [7, 11) is 0. The Kier molecular flexibility index (Phi) is 3.65. The van der Waals surface area contributed by atoms with Gasteiger partial charge < -0.3 is 0 Å². The van der Waals surface area contributed by atoms with E-state index in [2.05, 4.69) is 11.6 Å². The first kappa shape index (κ1) is 8.12. The Hall–Kier alpha value is -0.880. The Bertz CT molecular complexity index is 134. The number of hydrogen-bond acceptors (Lipinski definition) is 2. The number of rotatable bonds is 3. The molecule has 1 unspecified atom stereocenters. The van der Waals surface area contributed by atoms with Crippen LogP contribution in [0.3, 0.4) is 0 Å². The zero-order valence-electron chi connectivity index (χ0n) is 5.79. The molecule has 0 aliphatic rings. The molecule has 0 aliphatic carbocycles. The fraction of sp³-hybridized carbons (Fsp3) is 0.571. The smallest absolute Gasteiger partial charge is 0.211 e. The van der Waals surface area contributed by atoms with Crippen molar-refractivity contribution in [3.05, 3.63) is 12.7 Å². The SMILES string of the molecule is C=CC(N=C=O)C(C)C. The predicted octanol–water partition coefficient (Wildman–Crippen LogP) is 1.53. The standard InChI is InChI=1S/C7H11NO/c1-4-7(6(2)3)8-5-9/h4,6-7H,1H2,2-3H3. The molecule has 0 saturated heterocycles. The summed E-state index contributed by atoms with van der Waals surface area (Å²) in [5.41, 5.74) is 0. The summed E-state index contributed by atoms with van der Waals surface area (Å²) in [5.74, 6) is 0.337. The molecule has 0 aromatic heterocycles. The third kappa shape index (κ3) is 2.83. The van der Waals surface area contributed by atoms with Gasteiger partial charge in [0.25, 0.3) is 0 Å². The van der Waals surface area contributed by atoms with Gasteiger partial charge >= 0.3 is 0 Å². The maximum absolute atomic E-state index is 9.74. The van der Waals surface area contributed by atoms with Crippen molar-refractivity contribution in [2.75, 3.05) is 0 Å². The van der Waals surface area contributed by atoms with E-state index in [1.54, 1.807) is 6.08 Å². The van der Waals surface area contributed by atoms with E-state index in [1.807, 2.05) is 13.8 Å². The third-order valence-electron chi connectivity index (χ3n) is 1.13. The van der Waals surface area contributed by atoms with Gasteiger partial charge in [0.2, 0.25) is 6.08 Å². The molecule has 0 bridgehead atoms. The van der Waals surface area contributed by atoms with Crippen LogP contribution in [0.2, 0.25) is 0 Å². The quantitative estimate of drug-likeness (QED) is 0.319. The van der Waals surface area contributed by atoms with Crippen molar-refractivity contribution in [2.45, 2.75) is 19.9 Å². The highest BCUT2D eigenvalue weighted by Gasteiger charge is 2.04. The van der Waals surface area contributed by atoms with Crippen molar-refractivity contribution in [3.8, 4) is 0 Å². The van der Waals surface area contributed by atoms with Gasteiger partial charge in [-0.05, 0) is 5.92 Å². The van der Waals surface area contributed by atoms with Crippen molar-refractivity contribution in [3.63, 3.8) is 0 Å². The fourth-order valence-corrected chi connectivity index (χ4v) is 0.535. The first-order valence-corrected chi connectivity index (χ1v) is 2.92. The zero-order chi connectivity index (χ0) is 7.28. The number of hydrogen-bond donors (Lipinski definition) is 0. The topological polar surface area (TPSA) is 29.4 Å². The van der Waals surface area contributed by atoms with E-state index in [1.165, 1.54) is 6.08 Å². The molecule has 0 aromatic rings. The molecule has 0 amide bonds. The van der Waals surface area contributed by atoms with E-state index in [4.69, 9.17) is 0 Å². The Labute approximate surface area is 55.3 Å². The molecule has 0 heterocycles. The molecule has 0 aliphatic heterocycles. The maximum Gasteiger partial charge on any atom is 0.235 e. The Morgan fingerprint density at radius 1 is 1.67 bits per heavy atom. The van der Waals surface area contributed by atoms with E-state index in [0.717, 1.165) is 0 Å². The molecule has 0 rings (SSSR count). The zero-order valence-corrected chi connectivity index (χ0v) is 5.79. The van der Waals surface area contributed by atoms with E-state index in [-0.39, 0.29) is 6.04 Å². The lowest BCUT2D eigenvalue weighted by molar-refractivity contribution is 0.539. The molecule has 0 fully saturated rings. The van der Waals surface area contributed by atoms with Gasteiger partial charge in [-0.1, -0.05) is 19.9 Å². The van der Waals surface area contributed by atoms with E-state index >= 15 is 0 Å². The van der Waals surface area contributed by atoms with Gasteiger partial charge in [0, 0.05) is 0 Å². The van der Waals surface area contributed by atoms with Crippen molar-refractivity contribution in [1.29, 1.82) is 0 Å². The number of carbonyl (C=O) groups excluding carboxylic acids is 1. The Morgan fingerprint density at radius 2 is 2.22 bits per heavy atom. The van der Waals surface area contributed by atoms with E-state index in [9.17, 15) is 4.79 Å². The molecule has 2 heteroatoms. The number of isocyanates is 1. The minimum Gasteiger partial charge on any atom is -0.211 e. The second kappa shape index (κ2) is 4.04. The second-order valence-electron chi connectivity index (χ2n) is 2.19. The molecular weight excluding hydrogens is 114 g/mol. The molecule has 1 atom stereocenters. The van der Waals surface area contributed by atoms with Crippen molar-refractivity contribution >= 4 is 6.08 Å². The largest absolute Gasteiger partial charge is 0.235 e. The molecule has 0 aromatic carbocycles. The van der Waals surface area contributed by atoms with Crippen molar-refractivity contribution in [1.82, 2.24) is 0 Å². The van der Waals surface area contributed by atoms with Crippen LogP contribution in [-0.2, 0) is 4.79 Å². The van der Waals surface area contributed by atoms with Gasteiger partial charge in [-0.3, -0.25) is 0 Å². The molecule has 0 radical (unpaired) electrons. The summed E-state index contributed by atoms with van der Waals surface area (Å²) < 4.78 is 0. The third-order valence-corrected chi connectivity index (χ3v) is 1.13. The van der Waals surface area contributed by atoms with Gasteiger partial charge in [0.15, 0.2) is 0 Å². The van der Waals surface area contributed by atoms with Crippen molar-refractivity contribution in [2.24, 2.45) is 10.9 Å². The molecular formula is C7H11NO. The summed E-state index contributed by atoms with van der Waals surface area (Å²) >= 11 is 0. The van der Waals surface area contributed by atoms with Gasteiger partial charge in [0.05, 0.1) is 6.04 Å². The fourth-order valence-electron chi connectivity index (χ4n) is 0.535. The first-order valence-electron chi connectivity index (χ1n) is 2.92. The average Bonchev–Trinajstić information content (AvgIpc) is 1.82. The lowest BCUT2D eigenvalue weighted by Gasteiger charge is -2.06. The van der Waals surface area contributed by atoms with Crippen LogP contribution < -0.4 is 0 Å². The molecule has 0 saturated carbocycles. The minimum atomic E-state index is -0.0671. The van der Waals surface area contributed by atoms with Gasteiger partial charge in [-0.15, -0.1) is 6.58 Å². The summed E-state index contributed by atoms with van der Waals surface area (Å²) in [4.78, 5) is 13.3. The van der Waals surface area contributed by atoms with E-state index in [0.29, 0.717) is 5.92 Å². The van der Waals surface area contributed by atoms with Crippen LogP contribution >= 0.6 is 0 Å². The van der Waals surface area contributed by atoms with Crippen LogP contribution in [0, 0.1) is 5.92 Å². The van der Waals surface area contributed by atoms with E-state index < -0.39 is 0 Å². The second-order valence-corrected chi connectivity index (χ2v) is 2.19. The molecule has 0 N–H and O–H groups in total. The highest BCUT2D eigenvalue weighted by molar-refractivity contribution is 5.34. The highest BCUT2D eigenvalue weighted by atomic mass is 16.1. The van der Waals surface area contributed by atoms with Crippen LogP contribution in [0.25, 0.3) is 0 Å². The summed E-state index contributed by atoms with van der Waals surface area (Å²) in [6.45, 7) is 7.49. The van der Waals surface area contributed by atoms with Gasteiger partial charge in [-0.2, -0.15) is 4.99 Å². The molecule has 9 heavy (non-hydrogen) atoms. The number of nitrogens with zero attached hydrogens (tertiary/aromatic N) is 1. The summed E-state index contributed by atoms with van der Waals surface area (Å²) in [5, 5.41) is 0. The minimum absolute atomic E-state index is 0.0671. The predicted molar refractivity (Wildman–Crippen MR) is 36.9 cm³/mol. The molecule has 0 spiro atoms. The molecule has 2 nitrogen and oxygen atoms in total. The first-order chi connectivity index (χ1) is 4.22. The van der Waals surface area contributed by atoms with Crippen LogP contribution in [-0.4, -0.2) is 12.1 Å². The Morgan fingerprint density at radius 3 is 2.33 bits per heavy atom. The number of aliphatic imine (C=N–C) groups is 1. The highest BCUT2D eigenvalue weighted by Crippen LogP contribution is 2.05. The lowest BCUT2D eigenvalue weighted by Crippen LogP contribution is -2.07. The molecule has 50 valence electrons. The Balaban J connectivity index is 3.97. The van der Waals surface area contributed by atoms with Gasteiger partial charge in [0.1, 0.15) is 0 Å². The van der Waals surface area contributed by atoms with Crippen LogP contribution in [0.4, 0.5) is 0 Å². The monoisotopic (exact) mass is 125 g/mol. The summed E-state index contributed by atoms with van der Waals surface area (Å²) in [6.07, 6.45) is 3.15. The van der Waals surface area contributed by atoms with Crippen molar-refractivity contribution < 1.29 is 4.79 Å². The van der Waals surface area contributed by atoms with Crippen LogP contribution in [0.5, 0.6) is 0 Å². The normalized spacial score (nSPS) is 12.3. The maximum atomic E-state index is 9.74. The van der Waals surface area contributed by atoms with Gasteiger partial charge in [-0.25, -0.2) is 4.79 Å². The summed E-state index contributed by atoms with van der Waals surface area (Å²) in [6, 6.07) is -0.0671. The lowest BCUT2D eigenvalue weighted by atomic mass is 10.1. The van der Waals surface area contributed by atoms with Crippen LogP contribution in [0.15, 0.2) is 17.6 Å².